The molecule has 0 heterocycles. The summed E-state index contributed by atoms with van der Waals surface area (Å²) >= 11 is 0. The minimum atomic E-state index is -4.81. The van der Waals surface area contributed by atoms with Crippen molar-refractivity contribution in [1.29, 1.82) is 0 Å². The van der Waals surface area contributed by atoms with Crippen LogP contribution in [-0.2, 0) is 29.2 Å². The Hall–Kier alpha value is -1.19. The van der Waals surface area contributed by atoms with Gasteiger partial charge in [0.25, 0.3) is 10.1 Å². The number of carbonyl (C=O) groups excluding carboxylic acids is 1. The molecule has 0 aliphatic rings. The zero-order valence-corrected chi connectivity index (χ0v) is 13.5. The quantitative estimate of drug-likeness (QED) is 0.291. The fraction of sp³-hybridized carbons (Fsp3) is 0.846. The summed E-state index contributed by atoms with van der Waals surface area (Å²) < 4.78 is 40.7. The fourth-order valence-electron chi connectivity index (χ4n) is 1.63. The monoisotopic (exact) mass is 340 g/mol. The molecule has 0 bridgehead atoms. The highest BCUT2D eigenvalue weighted by Crippen LogP contribution is 2.07. The van der Waals surface area contributed by atoms with Crippen molar-refractivity contribution in [2.75, 3.05) is 19.8 Å². The Morgan fingerprint density at radius 1 is 1.05 bits per heavy atom. The summed E-state index contributed by atoms with van der Waals surface area (Å²) in [7, 11) is -4.81. The third-order valence-electron chi connectivity index (χ3n) is 2.80. The van der Waals surface area contributed by atoms with E-state index in [1.54, 1.807) is 0 Å². The standard InChI is InChI=1S/C13H24O8S/c1-2-3-4-5-7-20-8-6-9-21-13(16)11(10-12(14)15)22(17,18)19/h11H,2-10H2,1H3,(H,14,15)(H,17,18,19). The lowest BCUT2D eigenvalue weighted by Gasteiger charge is -2.11. The van der Waals surface area contributed by atoms with Crippen LogP contribution in [0, 0.1) is 0 Å². The zero-order valence-electron chi connectivity index (χ0n) is 12.7. The molecule has 0 radical (unpaired) electrons. The lowest BCUT2D eigenvalue weighted by Crippen LogP contribution is -2.34. The second kappa shape index (κ2) is 11.4. The van der Waals surface area contributed by atoms with E-state index in [2.05, 4.69) is 11.7 Å². The van der Waals surface area contributed by atoms with Gasteiger partial charge in [-0.05, 0) is 6.42 Å². The minimum absolute atomic E-state index is 0.0978. The van der Waals surface area contributed by atoms with Crippen LogP contribution in [0.25, 0.3) is 0 Å². The Morgan fingerprint density at radius 2 is 1.68 bits per heavy atom. The fourth-order valence-corrected chi connectivity index (χ4v) is 2.29. The van der Waals surface area contributed by atoms with Crippen LogP contribution in [0.4, 0.5) is 0 Å². The van der Waals surface area contributed by atoms with Crippen LogP contribution in [0.2, 0.25) is 0 Å². The molecule has 0 saturated heterocycles. The lowest BCUT2D eigenvalue weighted by atomic mass is 10.2. The van der Waals surface area contributed by atoms with Crippen molar-refractivity contribution in [2.24, 2.45) is 0 Å². The summed E-state index contributed by atoms with van der Waals surface area (Å²) in [6.07, 6.45) is 3.67. The van der Waals surface area contributed by atoms with Gasteiger partial charge in [0.15, 0.2) is 5.25 Å². The Labute approximate surface area is 130 Å². The Kier molecular flexibility index (Phi) is 10.8. The molecule has 22 heavy (non-hydrogen) atoms. The Morgan fingerprint density at radius 3 is 2.23 bits per heavy atom. The SMILES string of the molecule is CCCCCCOCCCOC(=O)C(CC(=O)O)S(=O)(=O)O. The van der Waals surface area contributed by atoms with Gasteiger partial charge in [-0.2, -0.15) is 8.42 Å². The molecule has 0 aromatic heterocycles. The molecule has 130 valence electrons. The smallest absolute Gasteiger partial charge is 0.327 e. The number of carboxylic acids is 1. The van der Waals surface area contributed by atoms with Gasteiger partial charge in [0, 0.05) is 19.6 Å². The number of unbranched alkanes of at least 4 members (excludes halogenated alkanes) is 3. The first kappa shape index (κ1) is 20.8. The molecule has 0 saturated carbocycles. The van der Waals surface area contributed by atoms with Crippen LogP contribution in [0.15, 0.2) is 0 Å². The van der Waals surface area contributed by atoms with Gasteiger partial charge in [-0.15, -0.1) is 0 Å². The van der Waals surface area contributed by atoms with E-state index in [1.165, 1.54) is 0 Å². The van der Waals surface area contributed by atoms with Gasteiger partial charge in [0.1, 0.15) is 0 Å². The summed E-state index contributed by atoms with van der Waals surface area (Å²) in [6, 6.07) is 0. The van der Waals surface area contributed by atoms with Crippen LogP contribution in [0.1, 0.15) is 45.4 Å². The van der Waals surface area contributed by atoms with E-state index >= 15 is 0 Å². The Bertz CT molecular complexity index is 431. The number of rotatable bonds is 13. The predicted molar refractivity (Wildman–Crippen MR) is 78.1 cm³/mol. The highest BCUT2D eigenvalue weighted by molar-refractivity contribution is 7.87. The maximum Gasteiger partial charge on any atom is 0.327 e. The molecule has 0 aliphatic carbocycles. The number of hydrogen-bond acceptors (Lipinski definition) is 6. The van der Waals surface area contributed by atoms with E-state index in [0.29, 0.717) is 19.6 Å². The molecular formula is C13H24O8S. The van der Waals surface area contributed by atoms with Gasteiger partial charge in [-0.1, -0.05) is 26.2 Å². The van der Waals surface area contributed by atoms with Gasteiger partial charge in [-0.3, -0.25) is 14.1 Å². The van der Waals surface area contributed by atoms with E-state index in [0.717, 1.165) is 25.7 Å². The number of esters is 1. The van der Waals surface area contributed by atoms with Crippen molar-refractivity contribution in [3.8, 4) is 0 Å². The van der Waals surface area contributed by atoms with Crippen molar-refractivity contribution in [3.63, 3.8) is 0 Å². The van der Waals surface area contributed by atoms with Crippen molar-refractivity contribution in [2.45, 2.75) is 50.7 Å². The zero-order chi connectivity index (χ0) is 17.0. The largest absolute Gasteiger partial charge is 0.481 e. The Balaban J connectivity index is 3.89. The molecule has 0 aromatic rings. The first-order valence-electron chi connectivity index (χ1n) is 7.21. The van der Waals surface area contributed by atoms with Gasteiger partial charge >= 0.3 is 11.9 Å². The first-order valence-corrected chi connectivity index (χ1v) is 8.71. The molecule has 0 aliphatic heterocycles. The summed E-state index contributed by atoms with van der Waals surface area (Å²) in [4.78, 5) is 21.9. The third-order valence-corrected chi connectivity index (χ3v) is 3.88. The van der Waals surface area contributed by atoms with Crippen LogP contribution in [0.3, 0.4) is 0 Å². The molecular weight excluding hydrogens is 316 g/mol. The van der Waals surface area contributed by atoms with Gasteiger partial charge in [0.2, 0.25) is 0 Å². The molecule has 0 aromatic carbocycles. The molecule has 1 unspecified atom stereocenters. The third kappa shape index (κ3) is 10.5. The minimum Gasteiger partial charge on any atom is -0.481 e. The second-order valence-corrected chi connectivity index (χ2v) is 6.39. The summed E-state index contributed by atoms with van der Waals surface area (Å²) in [5.74, 6) is -2.79. The highest BCUT2D eigenvalue weighted by Gasteiger charge is 2.34. The molecule has 2 N–H and O–H groups in total. The van der Waals surface area contributed by atoms with Crippen molar-refractivity contribution >= 4 is 22.1 Å². The maximum atomic E-state index is 11.5. The van der Waals surface area contributed by atoms with Gasteiger partial charge in [-0.25, -0.2) is 0 Å². The normalized spacial score (nSPS) is 12.8. The lowest BCUT2D eigenvalue weighted by molar-refractivity contribution is -0.147. The number of carbonyl (C=O) groups is 2. The van der Waals surface area contributed by atoms with E-state index in [-0.39, 0.29) is 6.61 Å². The van der Waals surface area contributed by atoms with E-state index < -0.39 is 33.7 Å². The molecule has 0 spiro atoms. The highest BCUT2D eigenvalue weighted by atomic mass is 32.2. The molecule has 1 atom stereocenters. The molecule has 8 nitrogen and oxygen atoms in total. The summed E-state index contributed by atoms with van der Waals surface area (Å²) in [5, 5.41) is 6.43. The second-order valence-electron chi connectivity index (χ2n) is 4.80. The number of ether oxygens (including phenoxy) is 2. The van der Waals surface area contributed by atoms with E-state index in [4.69, 9.17) is 14.4 Å². The predicted octanol–water partition coefficient (Wildman–Crippen LogP) is 1.25. The average Bonchev–Trinajstić information content (AvgIpc) is 2.41. The summed E-state index contributed by atoms with van der Waals surface area (Å²) in [5.41, 5.74) is 0. The number of aliphatic carboxylic acids is 1. The summed E-state index contributed by atoms with van der Waals surface area (Å²) in [6.45, 7) is 2.98. The molecule has 0 amide bonds. The van der Waals surface area contributed by atoms with Gasteiger partial charge in [0.05, 0.1) is 13.0 Å². The van der Waals surface area contributed by atoms with Crippen molar-refractivity contribution in [1.82, 2.24) is 0 Å². The van der Waals surface area contributed by atoms with Gasteiger partial charge < -0.3 is 14.6 Å². The maximum absolute atomic E-state index is 11.5. The molecule has 9 heteroatoms. The topological polar surface area (TPSA) is 127 Å². The molecule has 0 fully saturated rings. The first-order chi connectivity index (χ1) is 10.3. The van der Waals surface area contributed by atoms with Crippen LogP contribution >= 0.6 is 0 Å². The number of carboxylic acid groups (broad SMARTS) is 1. The van der Waals surface area contributed by atoms with Crippen LogP contribution in [0.5, 0.6) is 0 Å². The van der Waals surface area contributed by atoms with Crippen LogP contribution in [-0.4, -0.2) is 55.1 Å². The van der Waals surface area contributed by atoms with E-state index in [1.807, 2.05) is 0 Å². The van der Waals surface area contributed by atoms with Crippen LogP contribution < -0.4 is 0 Å². The average molecular weight is 340 g/mol. The number of hydrogen-bond donors (Lipinski definition) is 2. The van der Waals surface area contributed by atoms with E-state index in [9.17, 15) is 18.0 Å². The molecule has 0 rings (SSSR count). The van der Waals surface area contributed by atoms with Crippen molar-refractivity contribution in [3.05, 3.63) is 0 Å². The van der Waals surface area contributed by atoms with Crippen molar-refractivity contribution < 1.29 is 37.1 Å².